The van der Waals surface area contributed by atoms with Crippen molar-refractivity contribution in [2.75, 3.05) is 12.4 Å². The van der Waals surface area contributed by atoms with Gasteiger partial charge in [-0.15, -0.1) is 13.2 Å². The van der Waals surface area contributed by atoms with Crippen LogP contribution in [-0.2, 0) is 14.4 Å². The fourth-order valence-corrected chi connectivity index (χ4v) is 3.04. The van der Waals surface area contributed by atoms with Crippen LogP contribution in [0, 0.1) is 0 Å². The normalized spacial score (nSPS) is 11.0. The number of ketones is 1. The first-order valence-corrected chi connectivity index (χ1v) is 10.2. The molecule has 0 saturated heterocycles. The highest BCUT2D eigenvalue weighted by Gasteiger charge is 2.32. The lowest BCUT2D eigenvalue weighted by Gasteiger charge is -2.15. The van der Waals surface area contributed by atoms with E-state index in [4.69, 9.17) is 0 Å². The van der Waals surface area contributed by atoms with Crippen molar-refractivity contribution >= 4 is 23.3 Å². The Hall–Kier alpha value is -3.36. The number of hydrogen-bond donors (Lipinski definition) is 2. The maximum atomic E-state index is 12.7. The van der Waals surface area contributed by atoms with Crippen molar-refractivity contribution in [3.63, 3.8) is 0 Å². The Bertz CT molecular complexity index is 931. The summed E-state index contributed by atoms with van der Waals surface area (Å²) in [4.78, 5) is 34.8. The molecule has 9 heteroatoms. The number of benzene rings is 2. The molecule has 2 rings (SSSR count). The van der Waals surface area contributed by atoms with E-state index >= 15 is 0 Å². The Morgan fingerprint density at radius 2 is 1.53 bits per heavy atom. The van der Waals surface area contributed by atoms with Gasteiger partial charge >= 0.3 is 6.36 Å². The Morgan fingerprint density at radius 1 is 0.875 bits per heavy atom. The lowest BCUT2D eigenvalue weighted by molar-refractivity contribution is -0.274. The van der Waals surface area contributed by atoms with Crippen LogP contribution in [0.2, 0.25) is 0 Å². The Kier molecular flexibility index (Phi) is 9.24. The van der Waals surface area contributed by atoms with E-state index < -0.39 is 29.7 Å². The molecule has 0 aliphatic heterocycles. The summed E-state index contributed by atoms with van der Waals surface area (Å²) in [5.74, 6) is -2.04. The standard InChI is InChI=1S/C23H25F3N2O4/c1-27-22(31)19(29)11-7-2-3-8-12-21(30)28-18-15-17(16-9-5-4-6-10-16)13-14-20(18)32-23(24,25)26/h4-6,9-10,13-15H,2-3,7-8,11-12H2,1H3,(H,27,31)(H,28,30). The predicted molar refractivity (Wildman–Crippen MR) is 114 cm³/mol. The van der Waals surface area contributed by atoms with Gasteiger partial charge < -0.3 is 15.4 Å². The number of unbranched alkanes of at least 4 members (excludes halogenated alkanes) is 3. The summed E-state index contributed by atoms with van der Waals surface area (Å²) in [6.07, 6.45) is -2.34. The van der Waals surface area contributed by atoms with Gasteiger partial charge in [0.2, 0.25) is 11.7 Å². The zero-order valence-corrected chi connectivity index (χ0v) is 17.6. The molecule has 0 spiro atoms. The highest BCUT2D eigenvalue weighted by molar-refractivity contribution is 6.36. The summed E-state index contributed by atoms with van der Waals surface area (Å²) in [6, 6.07) is 13.1. The molecule has 2 aromatic carbocycles. The van der Waals surface area contributed by atoms with Crippen LogP contribution in [0.1, 0.15) is 38.5 Å². The Morgan fingerprint density at radius 3 is 2.16 bits per heavy atom. The van der Waals surface area contributed by atoms with E-state index in [1.54, 1.807) is 24.3 Å². The van der Waals surface area contributed by atoms with Crippen LogP contribution in [0.15, 0.2) is 48.5 Å². The molecular weight excluding hydrogens is 425 g/mol. The number of amides is 2. The number of carbonyl (C=O) groups is 3. The smallest absolute Gasteiger partial charge is 0.404 e. The van der Waals surface area contributed by atoms with Gasteiger partial charge in [0.25, 0.3) is 5.91 Å². The largest absolute Gasteiger partial charge is 0.573 e. The summed E-state index contributed by atoms with van der Waals surface area (Å²) in [5.41, 5.74) is 1.36. The Balaban J connectivity index is 1.93. The first-order valence-electron chi connectivity index (χ1n) is 10.2. The van der Waals surface area contributed by atoms with Gasteiger partial charge in [-0.25, -0.2) is 0 Å². The summed E-state index contributed by atoms with van der Waals surface area (Å²) >= 11 is 0. The van der Waals surface area contributed by atoms with E-state index in [2.05, 4.69) is 15.4 Å². The van der Waals surface area contributed by atoms with E-state index in [0.717, 1.165) is 5.56 Å². The van der Waals surface area contributed by atoms with Crippen LogP contribution in [-0.4, -0.2) is 31.0 Å². The fourth-order valence-electron chi connectivity index (χ4n) is 3.04. The van der Waals surface area contributed by atoms with Crippen molar-refractivity contribution in [3.05, 3.63) is 48.5 Å². The molecule has 0 unspecified atom stereocenters. The molecule has 0 fully saturated rings. The number of alkyl halides is 3. The molecule has 2 aromatic rings. The number of nitrogens with one attached hydrogen (secondary N) is 2. The molecule has 0 aromatic heterocycles. The molecule has 0 radical (unpaired) electrons. The molecule has 0 aliphatic carbocycles. The summed E-state index contributed by atoms with van der Waals surface area (Å²) < 4.78 is 42.3. The molecule has 2 N–H and O–H groups in total. The first kappa shape index (κ1) is 24.9. The Labute approximate surface area is 184 Å². The van der Waals surface area contributed by atoms with Crippen LogP contribution >= 0.6 is 0 Å². The summed E-state index contributed by atoms with van der Waals surface area (Å²) in [5, 5.41) is 4.77. The molecular formula is C23H25F3N2O4. The molecule has 32 heavy (non-hydrogen) atoms. The van der Waals surface area contributed by atoms with E-state index in [9.17, 15) is 27.6 Å². The number of rotatable bonds is 11. The highest BCUT2D eigenvalue weighted by atomic mass is 19.4. The second-order valence-electron chi connectivity index (χ2n) is 7.09. The van der Waals surface area contributed by atoms with Crippen molar-refractivity contribution in [3.8, 4) is 16.9 Å². The zero-order valence-electron chi connectivity index (χ0n) is 17.6. The monoisotopic (exact) mass is 450 g/mol. The van der Waals surface area contributed by atoms with Gasteiger partial charge in [0.15, 0.2) is 5.75 Å². The third-order valence-corrected chi connectivity index (χ3v) is 4.62. The third kappa shape index (κ3) is 8.41. The van der Waals surface area contributed by atoms with Gasteiger partial charge in [-0.3, -0.25) is 14.4 Å². The average Bonchev–Trinajstić information content (AvgIpc) is 2.76. The summed E-state index contributed by atoms with van der Waals surface area (Å²) in [7, 11) is 1.39. The minimum atomic E-state index is -4.89. The molecule has 0 atom stereocenters. The van der Waals surface area contributed by atoms with Crippen molar-refractivity contribution < 1.29 is 32.3 Å². The maximum Gasteiger partial charge on any atom is 0.573 e. The fraction of sp³-hybridized carbons (Fsp3) is 0.348. The molecule has 172 valence electrons. The quantitative estimate of drug-likeness (QED) is 0.379. The van der Waals surface area contributed by atoms with Gasteiger partial charge in [0, 0.05) is 19.9 Å². The number of hydrogen-bond acceptors (Lipinski definition) is 4. The highest BCUT2D eigenvalue weighted by Crippen LogP contribution is 2.34. The second kappa shape index (κ2) is 11.9. The molecule has 0 bridgehead atoms. The second-order valence-corrected chi connectivity index (χ2v) is 7.09. The van der Waals surface area contributed by atoms with Gasteiger partial charge in [0.1, 0.15) is 0 Å². The van der Waals surface area contributed by atoms with Gasteiger partial charge in [-0.1, -0.05) is 49.2 Å². The SMILES string of the molecule is CNC(=O)C(=O)CCCCCCC(=O)Nc1cc(-c2ccccc2)ccc1OC(F)(F)F. The van der Waals surface area contributed by atoms with Gasteiger partial charge in [-0.2, -0.15) is 0 Å². The van der Waals surface area contributed by atoms with Crippen molar-refractivity contribution in [2.24, 2.45) is 0 Å². The number of ether oxygens (including phenoxy) is 1. The zero-order chi connectivity index (χ0) is 23.6. The van der Waals surface area contributed by atoms with E-state index in [-0.39, 0.29) is 18.5 Å². The first-order chi connectivity index (χ1) is 15.2. The van der Waals surface area contributed by atoms with E-state index in [1.807, 2.05) is 6.07 Å². The topological polar surface area (TPSA) is 84.5 Å². The predicted octanol–water partition coefficient (Wildman–Crippen LogP) is 4.85. The number of carbonyl (C=O) groups excluding carboxylic acids is 3. The van der Waals surface area contributed by atoms with Gasteiger partial charge in [-0.05, 0) is 36.1 Å². The van der Waals surface area contributed by atoms with Crippen molar-refractivity contribution in [1.29, 1.82) is 0 Å². The number of Topliss-reactive ketones (excluding diaryl/α,β-unsaturated/α-hetero) is 1. The average molecular weight is 450 g/mol. The number of likely N-dealkylation sites (N-methyl/N-ethyl adjacent to an activating group) is 1. The van der Waals surface area contributed by atoms with E-state index in [0.29, 0.717) is 31.2 Å². The maximum absolute atomic E-state index is 12.7. The van der Waals surface area contributed by atoms with Crippen LogP contribution < -0.4 is 15.4 Å². The van der Waals surface area contributed by atoms with Crippen LogP contribution in [0.5, 0.6) is 5.75 Å². The minimum absolute atomic E-state index is 0.0650. The lowest BCUT2D eigenvalue weighted by atomic mass is 10.0. The van der Waals surface area contributed by atoms with Crippen LogP contribution in [0.4, 0.5) is 18.9 Å². The van der Waals surface area contributed by atoms with Crippen LogP contribution in [0.25, 0.3) is 11.1 Å². The molecule has 0 heterocycles. The van der Waals surface area contributed by atoms with Crippen LogP contribution in [0.3, 0.4) is 0 Å². The summed E-state index contributed by atoms with van der Waals surface area (Å²) in [6.45, 7) is 0. The number of anilines is 1. The van der Waals surface area contributed by atoms with Gasteiger partial charge in [0.05, 0.1) is 5.69 Å². The molecule has 2 amide bonds. The number of halogens is 3. The third-order valence-electron chi connectivity index (χ3n) is 4.62. The molecule has 0 aliphatic rings. The van der Waals surface area contributed by atoms with E-state index in [1.165, 1.54) is 25.2 Å². The van der Waals surface area contributed by atoms with Crippen molar-refractivity contribution in [2.45, 2.75) is 44.9 Å². The molecule has 0 saturated carbocycles. The lowest BCUT2D eigenvalue weighted by Crippen LogP contribution is -2.27. The minimum Gasteiger partial charge on any atom is -0.404 e. The van der Waals surface area contributed by atoms with Crippen molar-refractivity contribution in [1.82, 2.24) is 5.32 Å². The molecule has 6 nitrogen and oxygen atoms in total.